The third kappa shape index (κ3) is 3.80. The van der Waals surface area contributed by atoms with Crippen molar-refractivity contribution in [2.75, 3.05) is 14.1 Å². The van der Waals surface area contributed by atoms with Gasteiger partial charge in [-0.3, -0.25) is 0 Å². The Morgan fingerprint density at radius 2 is 2.10 bits per heavy atom. The normalized spacial score (nSPS) is 12.8. The minimum Gasteiger partial charge on any atom is -0.393 e. The van der Waals surface area contributed by atoms with Crippen LogP contribution in [-0.4, -0.2) is 35.2 Å². The van der Waals surface area contributed by atoms with E-state index in [0.717, 1.165) is 11.4 Å². The SMILES string of the molecule is CCC(O)CC(=S)N(C)C. The third-order valence-electron chi connectivity index (χ3n) is 1.38. The molecule has 1 N–H and O–H groups in total. The highest BCUT2D eigenvalue weighted by Crippen LogP contribution is 2.00. The van der Waals surface area contributed by atoms with Crippen LogP contribution in [0, 0.1) is 0 Å². The second-order valence-electron chi connectivity index (χ2n) is 2.55. The first-order valence-corrected chi connectivity index (χ1v) is 3.87. The molecule has 0 aromatic carbocycles. The number of thiocarbonyl (C=S) groups is 1. The van der Waals surface area contributed by atoms with Crippen LogP contribution in [0.4, 0.5) is 0 Å². The summed E-state index contributed by atoms with van der Waals surface area (Å²) in [7, 11) is 3.79. The van der Waals surface area contributed by atoms with Crippen molar-refractivity contribution in [2.24, 2.45) is 0 Å². The summed E-state index contributed by atoms with van der Waals surface area (Å²) in [5.41, 5.74) is 0. The first-order chi connectivity index (χ1) is 4.57. The summed E-state index contributed by atoms with van der Waals surface area (Å²) in [6, 6.07) is 0. The Hall–Kier alpha value is -0.150. The van der Waals surface area contributed by atoms with Crippen LogP contribution in [-0.2, 0) is 0 Å². The van der Waals surface area contributed by atoms with Crippen LogP contribution in [0.3, 0.4) is 0 Å². The molecule has 1 unspecified atom stereocenters. The Bertz CT molecular complexity index is 114. The van der Waals surface area contributed by atoms with E-state index in [1.807, 2.05) is 25.9 Å². The smallest absolute Gasteiger partial charge is 0.0800 e. The quantitative estimate of drug-likeness (QED) is 0.626. The molecule has 0 amide bonds. The highest BCUT2D eigenvalue weighted by molar-refractivity contribution is 7.80. The van der Waals surface area contributed by atoms with Crippen LogP contribution in [0.25, 0.3) is 0 Å². The fourth-order valence-electron chi connectivity index (χ4n) is 0.528. The molecule has 3 heteroatoms. The Labute approximate surface area is 67.8 Å². The number of hydrogen-bond donors (Lipinski definition) is 1. The monoisotopic (exact) mass is 161 g/mol. The molecule has 1 atom stereocenters. The molecule has 0 radical (unpaired) electrons. The van der Waals surface area contributed by atoms with Crippen LogP contribution in [0.5, 0.6) is 0 Å². The van der Waals surface area contributed by atoms with Gasteiger partial charge in [-0.2, -0.15) is 0 Å². The van der Waals surface area contributed by atoms with Gasteiger partial charge in [-0.1, -0.05) is 19.1 Å². The van der Waals surface area contributed by atoms with E-state index in [4.69, 9.17) is 17.3 Å². The zero-order chi connectivity index (χ0) is 8.15. The van der Waals surface area contributed by atoms with E-state index < -0.39 is 0 Å². The molecule has 0 aliphatic heterocycles. The Morgan fingerprint density at radius 1 is 1.60 bits per heavy atom. The van der Waals surface area contributed by atoms with E-state index in [1.165, 1.54) is 0 Å². The van der Waals surface area contributed by atoms with Crippen molar-refractivity contribution in [3.05, 3.63) is 0 Å². The average molecular weight is 161 g/mol. The summed E-state index contributed by atoms with van der Waals surface area (Å²) in [5, 5.41) is 9.16. The van der Waals surface area contributed by atoms with Crippen molar-refractivity contribution in [3.8, 4) is 0 Å². The molecule has 0 bridgehead atoms. The lowest BCUT2D eigenvalue weighted by Crippen LogP contribution is -2.24. The Kier molecular flexibility index (Phi) is 4.56. The van der Waals surface area contributed by atoms with Gasteiger partial charge in [0.1, 0.15) is 0 Å². The first kappa shape index (κ1) is 9.85. The van der Waals surface area contributed by atoms with Crippen molar-refractivity contribution in [1.29, 1.82) is 0 Å². The van der Waals surface area contributed by atoms with Crippen LogP contribution in [0.2, 0.25) is 0 Å². The molecule has 2 nitrogen and oxygen atoms in total. The molecule has 0 aliphatic rings. The number of nitrogens with zero attached hydrogens (tertiary/aromatic N) is 1. The van der Waals surface area contributed by atoms with Crippen molar-refractivity contribution in [3.63, 3.8) is 0 Å². The van der Waals surface area contributed by atoms with Gasteiger partial charge in [0, 0.05) is 20.5 Å². The van der Waals surface area contributed by atoms with Crippen molar-refractivity contribution in [2.45, 2.75) is 25.9 Å². The van der Waals surface area contributed by atoms with Gasteiger partial charge in [0.2, 0.25) is 0 Å². The van der Waals surface area contributed by atoms with Gasteiger partial charge in [0.05, 0.1) is 11.1 Å². The molecule has 0 aromatic rings. The third-order valence-corrected chi connectivity index (χ3v) is 1.91. The number of aliphatic hydroxyl groups is 1. The number of aliphatic hydroxyl groups excluding tert-OH is 1. The van der Waals surface area contributed by atoms with Gasteiger partial charge in [-0.25, -0.2) is 0 Å². The zero-order valence-electron chi connectivity index (χ0n) is 6.79. The summed E-state index contributed by atoms with van der Waals surface area (Å²) >= 11 is 4.99. The molecular formula is C7H15NOS. The average Bonchev–Trinajstić information content (AvgIpc) is 1.87. The minimum atomic E-state index is -0.269. The molecule has 0 aromatic heterocycles. The predicted molar refractivity (Wildman–Crippen MR) is 47.2 cm³/mol. The van der Waals surface area contributed by atoms with Crippen LogP contribution in [0.15, 0.2) is 0 Å². The summed E-state index contributed by atoms with van der Waals surface area (Å²) < 4.78 is 0. The zero-order valence-corrected chi connectivity index (χ0v) is 7.61. The summed E-state index contributed by atoms with van der Waals surface area (Å²) in [4.78, 5) is 2.67. The van der Waals surface area contributed by atoms with Gasteiger partial charge in [-0.05, 0) is 6.42 Å². The highest BCUT2D eigenvalue weighted by atomic mass is 32.1. The highest BCUT2D eigenvalue weighted by Gasteiger charge is 2.05. The molecule has 60 valence electrons. The van der Waals surface area contributed by atoms with E-state index in [0.29, 0.717) is 6.42 Å². The lowest BCUT2D eigenvalue weighted by molar-refractivity contribution is 0.176. The maximum absolute atomic E-state index is 9.16. The minimum absolute atomic E-state index is 0.269. The second-order valence-corrected chi connectivity index (χ2v) is 3.03. The van der Waals surface area contributed by atoms with Gasteiger partial charge in [-0.15, -0.1) is 0 Å². The van der Waals surface area contributed by atoms with Crippen LogP contribution >= 0.6 is 12.2 Å². The Balaban J connectivity index is 3.57. The van der Waals surface area contributed by atoms with E-state index in [1.54, 1.807) is 0 Å². The molecule has 10 heavy (non-hydrogen) atoms. The molecule has 0 fully saturated rings. The molecule has 0 heterocycles. The lowest BCUT2D eigenvalue weighted by Gasteiger charge is -2.15. The largest absolute Gasteiger partial charge is 0.393 e. The van der Waals surface area contributed by atoms with E-state index >= 15 is 0 Å². The summed E-state index contributed by atoms with van der Waals surface area (Å²) in [6.45, 7) is 1.95. The second kappa shape index (κ2) is 4.63. The van der Waals surface area contributed by atoms with Crippen molar-refractivity contribution in [1.82, 2.24) is 4.90 Å². The maximum atomic E-state index is 9.16. The van der Waals surface area contributed by atoms with Gasteiger partial charge >= 0.3 is 0 Å². The maximum Gasteiger partial charge on any atom is 0.0800 e. The predicted octanol–water partition coefficient (Wildman–Crippen LogP) is 1.04. The number of hydrogen-bond acceptors (Lipinski definition) is 2. The Morgan fingerprint density at radius 3 is 2.40 bits per heavy atom. The summed E-state index contributed by atoms with van der Waals surface area (Å²) in [6.07, 6.45) is 1.11. The molecular weight excluding hydrogens is 146 g/mol. The van der Waals surface area contributed by atoms with E-state index in [-0.39, 0.29) is 6.10 Å². The number of rotatable bonds is 3. The van der Waals surface area contributed by atoms with E-state index in [2.05, 4.69) is 0 Å². The topological polar surface area (TPSA) is 23.5 Å². The van der Waals surface area contributed by atoms with Gasteiger partial charge < -0.3 is 10.0 Å². The molecule has 0 saturated heterocycles. The molecule has 0 saturated carbocycles. The lowest BCUT2D eigenvalue weighted by atomic mass is 10.2. The van der Waals surface area contributed by atoms with Crippen molar-refractivity contribution >= 4 is 17.2 Å². The van der Waals surface area contributed by atoms with E-state index in [9.17, 15) is 0 Å². The van der Waals surface area contributed by atoms with Gasteiger partial charge in [0.25, 0.3) is 0 Å². The van der Waals surface area contributed by atoms with Crippen LogP contribution < -0.4 is 0 Å². The van der Waals surface area contributed by atoms with Crippen LogP contribution in [0.1, 0.15) is 19.8 Å². The van der Waals surface area contributed by atoms with Crippen molar-refractivity contribution < 1.29 is 5.11 Å². The standard InChI is InChI=1S/C7H15NOS/c1-4-6(9)5-7(10)8(2)3/h6,9H,4-5H2,1-3H3. The molecule has 0 rings (SSSR count). The fraction of sp³-hybridized carbons (Fsp3) is 0.857. The first-order valence-electron chi connectivity index (χ1n) is 3.46. The fourth-order valence-corrected chi connectivity index (χ4v) is 0.721. The van der Waals surface area contributed by atoms with Gasteiger partial charge in [0.15, 0.2) is 0 Å². The summed E-state index contributed by atoms with van der Waals surface area (Å²) in [5.74, 6) is 0. The molecule has 0 spiro atoms. The molecule has 0 aliphatic carbocycles.